The van der Waals surface area contributed by atoms with Gasteiger partial charge in [0.2, 0.25) is 0 Å². The van der Waals surface area contributed by atoms with Crippen LogP contribution in [-0.4, -0.2) is 54.5 Å². The number of aliphatic carboxylic acids is 2. The quantitative estimate of drug-likeness (QED) is 0.570. The van der Waals surface area contributed by atoms with Gasteiger partial charge in [-0.3, -0.25) is 4.90 Å². The number of carbonyl (C=O) groups excluding carboxylic acids is 1. The van der Waals surface area contributed by atoms with Gasteiger partial charge in [0, 0.05) is 11.0 Å². The fourth-order valence-electron chi connectivity index (χ4n) is 3.25. The summed E-state index contributed by atoms with van der Waals surface area (Å²) in [6, 6.07) is 2.30. The molecule has 148 valence electrons. The molecule has 2 aliphatic heterocycles. The van der Waals surface area contributed by atoms with E-state index in [0.29, 0.717) is 6.61 Å². The number of halogens is 1. The highest BCUT2D eigenvalue weighted by Gasteiger charge is 2.28. The number of nitrogens with one attached hydrogen (secondary N) is 1. The maximum Gasteiger partial charge on any atom is 0.414 e. The molecule has 2 aliphatic rings. The number of fused-ring (bicyclic) bond motifs is 2. The van der Waals surface area contributed by atoms with Gasteiger partial charge in [0.15, 0.2) is 0 Å². The largest absolute Gasteiger partial charge is 0.473 e. The number of benzene rings is 1. The van der Waals surface area contributed by atoms with Crippen molar-refractivity contribution in [2.75, 3.05) is 31.1 Å². The molecule has 0 aliphatic carbocycles. The number of amides is 1. The minimum absolute atomic E-state index is 0.231. The summed E-state index contributed by atoms with van der Waals surface area (Å²) in [6.07, 6.45) is 3.85. The smallest absolute Gasteiger partial charge is 0.414 e. The standard InChI is InChI=1S/C16H21BrN2O2.C2H2O4/c1-2-21-16(20)19-9-3-4-12-10-11-5-7-18-8-6-13(11)14(17)15(12)19;3-1(4)2(5)6/h10,18H,2-9H2,1H3;(H,3,4)(H,5,6). The lowest BCUT2D eigenvalue weighted by molar-refractivity contribution is -0.159. The molecule has 3 N–H and O–H groups in total. The predicted molar refractivity (Wildman–Crippen MR) is 102 cm³/mol. The van der Waals surface area contributed by atoms with Crippen LogP contribution < -0.4 is 10.2 Å². The van der Waals surface area contributed by atoms with Gasteiger partial charge in [-0.15, -0.1) is 0 Å². The summed E-state index contributed by atoms with van der Waals surface area (Å²) >= 11 is 3.77. The minimum Gasteiger partial charge on any atom is -0.473 e. The van der Waals surface area contributed by atoms with Gasteiger partial charge in [-0.2, -0.15) is 0 Å². The minimum atomic E-state index is -1.82. The van der Waals surface area contributed by atoms with Gasteiger partial charge in [0.1, 0.15) is 0 Å². The first-order valence-electron chi connectivity index (χ1n) is 8.81. The molecular weight excluding hydrogens is 420 g/mol. The summed E-state index contributed by atoms with van der Waals surface area (Å²) in [5.74, 6) is -3.65. The van der Waals surface area contributed by atoms with Gasteiger partial charge in [-0.1, -0.05) is 6.07 Å². The number of carboxylic acid groups (broad SMARTS) is 2. The second-order valence-corrected chi connectivity index (χ2v) is 6.94. The van der Waals surface area contributed by atoms with Gasteiger partial charge >= 0.3 is 18.0 Å². The Morgan fingerprint density at radius 2 is 1.81 bits per heavy atom. The Labute approximate surface area is 165 Å². The van der Waals surface area contributed by atoms with Gasteiger partial charge in [-0.05, 0) is 78.3 Å². The summed E-state index contributed by atoms with van der Waals surface area (Å²) < 4.78 is 6.31. The summed E-state index contributed by atoms with van der Waals surface area (Å²) in [4.78, 5) is 32.2. The molecular formula is C18H23BrN2O6. The van der Waals surface area contributed by atoms with Crippen molar-refractivity contribution in [1.29, 1.82) is 0 Å². The number of hydrogen-bond acceptors (Lipinski definition) is 5. The molecule has 1 aromatic rings. The molecule has 0 saturated heterocycles. The number of carboxylic acids is 2. The summed E-state index contributed by atoms with van der Waals surface area (Å²) in [7, 11) is 0. The Morgan fingerprint density at radius 3 is 2.44 bits per heavy atom. The monoisotopic (exact) mass is 442 g/mol. The zero-order valence-electron chi connectivity index (χ0n) is 15.1. The molecule has 0 atom stereocenters. The Morgan fingerprint density at radius 1 is 1.15 bits per heavy atom. The molecule has 3 rings (SSSR count). The Hall–Kier alpha value is -2.13. The molecule has 0 radical (unpaired) electrons. The number of anilines is 1. The molecule has 9 heteroatoms. The van der Waals surface area contributed by atoms with Gasteiger partial charge in [0.25, 0.3) is 0 Å². The van der Waals surface area contributed by atoms with Crippen LogP contribution in [0.3, 0.4) is 0 Å². The van der Waals surface area contributed by atoms with Crippen molar-refractivity contribution in [1.82, 2.24) is 5.32 Å². The SMILES string of the molecule is CCOC(=O)N1CCCc2cc3c(c(Br)c21)CCNCC3.O=C(O)C(=O)O. The van der Waals surface area contributed by atoms with E-state index in [1.54, 1.807) is 4.90 Å². The van der Waals surface area contributed by atoms with Crippen LogP contribution in [0.4, 0.5) is 10.5 Å². The number of nitrogens with zero attached hydrogens (tertiary/aromatic N) is 1. The Balaban J connectivity index is 0.000000380. The van der Waals surface area contributed by atoms with E-state index in [-0.39, 0.29) is 6.09 Å². The summed E-state index contributed by atoms with van der Waals surface area (Å²) in [5, 5.41) is 18.2. The van der Waals surface area contributed by atoms with E-state index in [1.165, 1.54) is 16.7 Å². The molecule has 0 unspecified atom stereocenters. The van der Waals surface area contributed by atoms with Crippen LogP contribution in [-0.2, 0) is 33.6 Å². The number of ether oxygens (including phenoxy) is 1. The van der Waals surface area contributed by atoms with Gasteiger partial charge in [0.05, 0.1) is 12.3 Å². The van der Waals surface area contributed by atoms with Crippen molar-refractivity contribution in [2.24, 2.45) is 0 Å². The zero-order chi connectivity index (χ0) is 20.0. The van der Waals surface area contributed by atoms with Crippen LogP contribution in [0.5, 0.6) is 0 Å². The number of hydrogen-bond donors (Lipinski definition) is 3. The maximum atomic E-state index is 12.2. The molecule has 8 nitrogen and oxygen atoms in total. The first kappa shape index (κ1) is 21.2. The zero-order valence-corrected chi connectivity index (χ0v) is 16.7. The number of carbonyl (C=O) groups is 3. The third-order valence-corrected chi connectivity index (χ3v) is 5.26. The molecule has 27 heavy (non-hydrogen) atoms. The van der Waals surface area contributed by atoms with Crippen molar-refractivity contribution in [2.45, 2.75) is 32.6 Å². The fraction of sp³-hybridized carbons (Fsp3) is 0.500. The van der Waals surface area contributed by atoms with Crippen molar-refractivity contribution < 1.29 is 29.3 Å². The Kier molecular flexibility index (Phi) is 7.61. The predicted octanol–water partition coefficient (Wildman–Crippen LogP) is 2.20. The average molecular weight is 443 g/mol. The molecule has 2 heterocycles. The first-order valence-corrected chi connectivity index (χ1v) is 9.60. The third kappa shape index (κ3) is 5.20. The molecule has 0 bridgehead atoms. The Bertz CT molecular complexity index is 725. The maximum absolute atomic E-state index is 12.2. The topological polar surface area (TPSA) is 116 Å². The lowest BCUT2D eigenvalue weighted by Gasteiger charge is -2.31. The van der Waals surface area contributed by atoms with Crippen LogP contribution in [0.25, 0.3) is 0 Å². The molecule has 0 spiro atoms. The lowest BCUT2D eigenvalue weighted by Crippen LogP contribution is -2.36. The molecule has 1 amide bonds. The number of rotatable bonds is 1. The highest BCUT2D eigenvalue weighted by atomic mass is 79.9. The second-order valence-electron chi connectivity index (χ2n) is 6.15. The van der Waals surface area contributed by atoms with E-state index >= 15 is 0 Å². The van der Waals surface area contributed by atoms with Crippen LogP contribution in [0.15, 0.2) is 10.5 Å². The average Bonchev–Trinajstić information content (AvgIpc) is 2.87. The highest BCUT2D eigenvalue weighted by Crippen LogP contribution is 2.40. The third-order valence-electron chi connectivity index (χ3n) is 4.40. The van der Waals surface area contributed by atoms with Gasteiger partial charge < -0.3 is 20.3 Å². The first-order chi connectivity index (χ1) is 12.9. The van der Waals surface area contributed by atoms with E-state index in [9.17, 15) is 4.79 Å². The molecule has 0 fully saturated rings. The van der Waals surface area contributed by atoms with Gasteiger partial charge in [-0.25, -0.2) is 14.4 Å². The molecule has 1 aromatic carbocycles. The van der Waals surface area contributed by atoms with Crippen molar-refractivity contribution in [3.63, 3.8) is 0 Å². The van der Waals surface area contributed by atoms with E-state index in [4.69, 9.17) is 24.5 Å². The van der Waals surface area contributed by atoms with Crippen molar-refractivity contribution in [3.05, 3.63) is 27.2 Å². The van der Waals surface area contributed by atoms with Crippen LogP contribution in [0, 0.1) is 0 Å². The second kappa shape index (κ2) is 9.70. The van der Waals surface area contributed by atoms with Crippen LogP contribution in [0.1, 0.15) is 30.0 Å². The van der Waals surface area contributed by atoms with Crippen molar-refractivity contribution in [3.8, 4) is 0 Å². The normalized spacial score (nSPS) is 15.4. The van der Waals surface area contributed by atoms with Crippen LogP contribution >= 0.6 is 15.9 Å². The fourth-order valence-corrected chi connectivity index (χ4v) is 4.17. The lowest BCUT2D eigenvalue weighted by atomic mass is 9.93. The molecule has 0 aromatic heterocycles. The van der Waals surface area contributed by atoms with E-state index in [2.05, 4.69) is 27.3 Å². The van der Waals surface area contributed by atoms with E-state index in [1.807, 2.05) is 6.92 Å². The summed E-state index contributed by atoms with van der Waals surface area (Å²) in [6.45, 7) is 5.02. The van der Waals surface area contributed by atoms with E-state index < -0.39 is 11.9 Å². The summed E-state index contributed by atoms with van der Waals surface area (Å²) in [5.41, 5.74) is 5.05. The van der Waals surface area contributed by atoms with E-state index in [0.717, 1.165) is 55.5 Å². The molecule has 0 saturated carbocycles. The highest BCUT2D eigenvalue weighted by molar-refractivity contribution is 9.10. The van der Waals surface area contributed by atoms with Crippen LogP contribution in [0.2, 0.25) is 0 Å². The number of aryl methyl sites for hydroxylation is 1. The van der Waals surface area contributed by atoms with Crippen molar-refractivity contribution >= 4 is 39.6 Å².